The fourth-order valence-corrected chi connectivity index (χ4v) is 4.11. The van der Waals surface area contributed by atoms with Crippen LogP contribution < -0.4 is 19.8 Å². The quantitative estimate of drug-likeness (QED) is 0.573. The first-order valence-corrected chi connectivity index (χ1v) is 10.2. The van der Waals surface area contributed by atoms with E-state index >= 15 is 0 Å². The number of hydrogen-bond acceptors (Lipinski definition) is 7. The highest BCUT2D eigenvalue weighted by Crippen LogP contribution is 2.35. The maximum Gasteiger partial charge on any atom is 0.340 e. The summed E-state index contributed by atoms with van der Waals surface area (Å²) in [7, 11) is -0.119. The molecule has 3 rings (SSSR count). The van der Waals surface area contributed by atoms with Crippen LogP contribution in [0.3, 0.4) is 0 Å². The molecule has 0 atom stereocenters. The van der Waals surface area contributed by atoms with Gasteiger partial charge in [-0.1, -0.05) is 0 Å². The molecule has 0 bridgehead atoms. The van der Waals surface area contributed by atoms with E-state index in [1.165, 1.54) is 57.7 Å². The van der Waals surface area contributed by atoms with Crippen molar-refractivity contribution < 1.29 is 27.4 Å². The van der Waals surface area contributed by atoms with E-state index in [2.05, 4.69) is 9.71 Å². The largest absolute Gasteiger partial charge is 0.493 e. The van der Waals surface area contributed by atoms with Gasteiger partial charge in [-0.25, -0.2) is 13.2 Å². The van der Waals surface area contributed by atoms with Crippen LogP contribution in [0, 0.1) is 6.92 Å². The van der Waals surface area contributed by atoms with Gasteiger partial charge in [-0.3, -0.25) is 9.52 Å². The Bertz CT molecular complexity index is 1300. The van der Waals surface area contributed by atoms with Crippen molar-refractivity contribution in [1.29, 1.82) is 0 Å². The van der Waals surface area contributed by atoms with Crippen LogP contribution in [0.4, 0.5) is 5.69 Å². The van der Waals surface area contributed by atoms with Crippen LogP contribution in [0.1, 0.15) is 15.9 Å². The van der Waals surface area contributed by atoms with Crippen LogP contribution in [-0.2, 0) is 14.8 Å². The van der Waals surface area contributed by atoms with Crippen molar-refractivity contribution in [1.82, 2.24) is 4.98 Å². The minimum atomic E-state index is -4.09. The van der Waals surface area contributed by atoms with Crippen LogP contribution in [0.15, 0.2) is 46.1 Å². The van der Waals surface area contributed by atoms with E-state index in [9.17, 15) is 18.0 Å². The summed E-state index contributed by atoms with van der Waals surface area (Å²) in [6, 6.07) is 8.37. The third kappa shape index (κ3) is 3.94. The predicted molar refractivity (Wildman–Crippen MR) is 111 cm³/mol. The predicted octanol–water partition coefficient (Wildman–Crippen LogP) is 2.44. The van der Waals surface area contributed by atoms with E-state index in [1.807, 2.05) is 0 Å². The fraction of sp³-hybridized carbons (Fsp3) is 0.200. The summed E-state index contributed by atoms with van der Waals surface area (Å²) in [5, 5.41) is 0.581. The van der Waals surface area contributed by atoms with E-state index in [-0.39, 0.29) is 33.2 Å². The van der Waals surface area contributed by atoms with E-state index in [0.717, 1.165) is 0 Å². The molecule has 1 heterocycles. The number of methoxy groups -OCH3 is 3. The number of aryl methyl sites for hydroxylation is 1. The minimum Gasteiger partial charge on any atom is -0.493 e. The van der Waals surface area contributed by atoms with Crippen molar-refractivity contribution >= 4 is 32.6 Å². The second-order valence-electron chi connectivity index (χ2n) is 6.37. The summed E-state index contributed by atoms with van der Waals surface area (Å²) < 4.78 is 43.6. The number of rotatable bonds is 6. The number of nitrogens with one attached hydrogen (secondary N) is 2. The van der Waals surface area contributed by atoms with E-state index < -0.39 is 16.0 Å². The number of anilines is 1. The standard InChI is InChI=1S/C20H20N2O7S/c1-11-7-19(23)21-15-6-5-12(8-13(11)15)30(25,26)22-16-10-18(28-3)17(27-2)9-14(16)20(24)29-4/h5-10,22H,1-4H3,(H,21,23). The monoisotopic (exact) mass is 432 g/mol. The van der Waals surface area contributed by atoms with Crippen molar-refractivity contribution in [3.8, 4) is 11.5 Å². The lowest BCUT2D eigenvalue weighted by molar-refractivity contribution is 0.0601. The summed E-state index contributed by atoms with van der Waals surface area (Å²) in [5.41, 5.74) is 0.798. The van der Waals surface area contributed by atoms with E-state index in [0.29, 0.717) is 16.5 Å². The molecule has 0 aliphatic rings. The number of aromatic nitrogens is 1. The lowest BCUT2D eigenvalue weighted by atomic mass is 10.1. The lowest BCUT2D eigenvalue weighted by Crippen LogP contribution is -2.17. The SMILES string of the molecule is COC(=O)c1cc(OC)c(OC)cc1NS(=O)(=O)c1ccc2[nH]c(=O)cc(C)c2c1. The molecule has 2 aromatic carbocycles. The van der Waals surface area contributed by atoms with Gasteiger partial charge < -0.3 is 19.2 Å². The van der Waals surface area contributed by atoms with Crippen LogP contribution in [0.5, 0.6) is 11.5 Å². The molecular formula is C20H20N2O7S. The van der Waals surface area contributed by atoms with Gasteiger partial charge in [-0.2, -0.15) is 0 Å². The Hall–Kier alpha value is -3.53. The average molecular weight is 432 g/mol. The first kappa shape index (κ1) is 21.2. The molecule has 0 unspecified atom stereocenters. The molecule has 30 heavy (non-hydrogen) atoms. The molecule has 0 spiro atoms. The lowest BCUT2D eigenvalue weighted by Gasteiger charge is -2.16. The van der Waals surface area contributed by atoms with Gasteiger partial charge in [0.15, 0.2) is 11.5 Å². The van der Waals surface area contributed by atoms with Crippen molar-refractivity contribution in [2.24, 2.45) is 0 Å². The maximum absolute atomic E-state index is 13.0. The van der Waals surface area contributed by atoms with Crippen LogP contribution in [-0.4, -0.2) is 40.7 Å². The number of esters is 1. The smallest absolute Gasteiger partial charge is 0.340 e. The summed E-state index contributed by atoms with van der Waals surface area (Å²) >= 11 is 0. The molecule has 0 radical (unpaired) electrons. The van der Waals surface area contributed by atoms with Crippen LogP contribution in [0.2, 0.25) is 0 Å². The number of H-pyrrole nitrogens is 1. The van der Waals surface area contributed by atoms with Gasteiger partial charge >= 0.3 is 5.97 Å². The minimum absolute atomic E-state index is 0.0298. The van der Waals surface area contributed by atoms with Gasteiger partial charge in [0.05, 0.1) is 37.5 Å². The Morgan fingerprint density at radius 2 is 1.67 bits per heavy atom. The zero-order chi connectivity index (χ0) is 22.1. The molecule has 0 saturated heterocycles. The zero-order valence-electron chi connectivity index (χ0n) is 16.7. The van der Waals surface area contributed by atoms with Gasteiger partial charge in [0.2, 0.25) is 5.56 Å². The molecule has 3 aromatic rings. The van der Waals surface area contributed by atoms with Crippen molar-refractivity contribution in [2.45, 2.75) is 11.8 Å². The molecule has 9 nitrogen and oxygen atoms in total. The summed E-state index contributed by atoms with van der Waals surface area (Å²) in [6.07, 6.45) is 0. The van der Waals surface area contributed by atoms with Crippen LogP contribution >= 0.6 is 0 Å². The number of fused-ring (bicyclic) bond motifs is 1. The van der Waals surface area contributed by atoms with Crippen molar-refractivity contribution in [3.63, 3.8) is 0 Å². The van der Waals surface area contributed by atoms with Gasteiger partial charge in [-0.15, -0.1) is 0 Å². The Kier molecular flexibility index (Phi) is 5.70. The Labute approximate surface area is 172 Å². The molecule has 158 valence electrons. The zero-order valence-corrected chi connectivity index (χ0v) is 17.5. The van der Waals surface area contributed by atoms with Crippen molar-refractivity contribution in [3.05, 3.63) is 57.9 Å². The van der Waals surface area contributed by atoms with Gasteiger partial charge in [-0.05, 0) is 30.7 Å². The molecule has 2 N–H and O–H groups in total. The van der Waals surface area contributed by atoms with Crippen molar-refractivity contribution in [2.75, 3.05) is 26.1 Å². The second kappa shape index (κ2) is 8.07. The number of carbonyl (C=O) groups excluding carboxylic acids is 1. The normalized spacial score (nSPS) is 11.2. The van der Waals surface area contributed by atoms with E-state index in [4.69, 9.17) is 14.2 Å². The number of sulfonamides is 1. The third-order valence-corrected chi connectivity index (χ3v) is 5.87. The van der Waals surface area contributed by atoms with Gasteiger partial charge in [0, 0.05) is 29.1 Å². The fourth-order valence-electron chi connectivity index (χ4n) is 3.01. The number of pyridine rings is 1. The first-order valence-electron chi connectivity index (χ1n) is 8.71. The van der Waals surface area contributed by atoms with E-state index in [1.54, 1.807) is 6.92 Å². The first-order chi connectivity index (χ1) is 14.2. The summed E-state index contributed by atoms with van der Waals surface area (Å²) in [4.78, 5) is 26.4. The molecule has 0 aliphatic heterocycles. The van der Waals surface area contributed by atoms with Crippen LogP contribution in [0.25, 0.3) is 10.9 Å². The molecule has 1 aromatic heterocycles. The number of aromatic amines is 1. The Morgan fingerprint density at radius 1 is 1.00 bits per heavy atom. The third-order valence-electron chi connectivity index (χ3n) is 4.50. The topological polar surface area (TPSA) is 124 Å². The summed E-state index contributed by atoms with van der Waals surface area (Å²) in [6.45, 7) is 1.71. The highest BCUT2D eigenvalue weighted by molar-refractivity contribution is 7.92. The highest BCUT2D eigenvalue weighted by atomic mass is 32.2. The maximum atomic E-state index is 13.0. The average Bonchev–Trinajstić information content (AvgIpc) is 2.72. The second-order valence-corrected chi connectivity index (χ2v) is 8.06. The number of hydrogen-bond donors (Lipinski definition) is 2. The molecule has 0 saturated carbocycles. The molecule has 0 amide bonds. The van der Waals surface area contributed by atoms with Gasteiger partial charge in [0.1, 0.15) is 0 Å². The summed E-state index contributed by atoms with van der Waals surface area (Å²) in [5.74, 6) is -0.276. The molecular weight excluding hydrogens is 412 g/mol. The van der Waals surface area contributed by atoms with Gasteiger partial charge in [0.25, 0.3) is 10.0 Å². The molecule has 0 aliphatic carbocycles. The molecule has 0 fully saturated rings. The Balaban J connectivity index is 2.12. The highest BCUT2D eigenvalue weighted by Gasteiger charge is 2.23. The number of ether oxygens (including phenoxy) is 3. The number of benzene rings is 2. The molecule has 10 heteroatoms. The Morgan fingerprint density at radius 3 is 2.30 bits per heavy atom. The number of carbonyl (C=O) groups is 1.